The molecule has 1 saturated heterocycles. The predicted octanol–water partition coefficient (Wildman–Crippen LogP) is 3.83. The smallest absolute Gasteiger partial charge is 0.150 e. The van der Waals surface area contributed by atoms with E-state index in [1.54, 1.807) is 0 Å². The van der Waals surface area contributed by atoms with Crippen molar-refractivity contribution in [1.82, 2.24) is 19.9 Å². The highest BCUT2D eigenvalue weighted by Crippen LogP contribution is 2.38. The van der Waals surface area contributed by atoms with Crippen LogP contribution in [-0.2, 0) is 4.74 Å². The minimum absolute atomic E-state index is 0.614. The van der Waals surface area contributed by atoms with Crippen LogP contribution in [0.2, 0.25) is 0 Å². The van der Waals surface area contributed by atoms with Crippen molar-refractivity contribution in [2.24, 2.45) is 5.92 Å². The van der Waals surface area contributed by atoms with Gasteiger partial charge in [0.2, 0.25) is 0 Å². The van der Waals surface area contributed by atoms with Gasteiger partial charge in [-0.15, -0.1) is 0 Å². The molecule has 2 saturated carbocycles. The van der Waals surface area contributed by atoms with Crippen molar-refractivity contribution in [2.45, 2.75) is 38.0 Å². The molecule has 32 heavy (non-hydrogen) atoms. The molecule has 0 aromatic carbocycles. The molecule has 1 N–H and O–H groups in total. The van der Waals surface area contributed by atoms with Gasteiger partial charge in [-0.1, -0.05) is 6.08 Å². The van der Waals surface area contributed by atoms with Crippen molar-refractivity contribution >= 4 is 23.0 Å². The Bertz CT molecular complexity index is 976. The summed E-state index contributed by atoms with van der Waals surface area (Å²) >= 11 is 0. The molecule has 168 valence electrons. The lowest BCUT2D eigenvalue weighted by atomic mass is 9.99. The van der Waals surface area contributed by atoms with Gasteiger partial charge in [-0.2, -0.15) is 0 Å². The standard InChI is InChI=1S/C25H32N6O/c1-2-18(1)17-30-7-5-19(6-8-30)21-13-23(29-25(14-21)31-9-11-32-12-10-31)28-24-16-26-22(15-27-24)20-3-4-20/h5,13-16,18,20H,1-4,6-12,17H2,(H,27,28,29). The fraction of sp³-hybridized carbons (Fsp3) is 0.560. The molecule has 2 aliphatic carbocycles. The van der Waals surface area contributed by atoms with Gasteiger partial charge >= 0.3 is 0 Å². The largest absolute Gasteiger partial charge is 0.378 e. The lowest BCUT2D eigenvalue weighted by molar-refractivity contribution is 0.122. The fourth-order valence-electron chi connectivity index (χ4n) is 4.65. The average Bonchev–Trinajstić information content (AvgIpc) is 3.76. The first-order valence-electron chi connectivity index (χ1n) is 12.2. The van der Waals surface area contributed by atoms with Gasteiger partial charge < -0.3 is 15.0 Å². The van der Waals surface area contributed by atoms with Crippen molar-refractivity contribution in [3.8, 4) is 0 Å². The zero-order valence-corrected chi connectivity index (χ0v) is 18.7. The van der Waals surface area contributed by atoms with E-state index in [1.165, 1.54) is 43.4 Å². The Labute approximate surface area is 189 Å². The molecular formula is C25H32N6O. The van der Waals surface area contributed by atoms with Gasteiger partial charge in [-0.3, -0.25) is 9.88 Å². The Morgan fingerprint density at radius 1 is 0.969 bits per heavy atom. The summed E-state index contributed by atoms with van der Waals surface area (Å²) < 4.78 is 5.56. The van der Waals surface area contributed by atoms with Gasteiger partial charge in [0.15, 0.2) is 0 Å². The number of rotatable bonds is 7. The van der Waals surface area contributed by atoms with E-state index in [9.17, 15) is 0 Å². The highest BCUT2D eigenvalue weighted by Gasteiger charge is 2.26. The number of hydrogen-bond donors (Lipinski definition) is 1. The maximum atomic E-state index is 5.56. The zero-order chi connectivity index (χ0) is 21.3. The predicted molar refractivity (Wildman–Crippen MR) is 126 cm³/mol. The Morgan fingerprint density at radius 3 is 2.53 bits per heavy atom. The summed E-state index contributed by atoms with van der Waals surface area (Å²) in [6.45, 7) is 6.72. The molecule has 0 atom stereocenters. The number of hydrogen-bond acceptors (Lipinski definition) is 7. The first kappa shape index (κ1) is 20.1. The van der Waals surface area contributed by atoms with Gasteiger partial charge in [0.05, 0.1) is 31.3 Å². The van der Waals surface area contributed by atoms with Crippen molar-refractivity contribution in [3.05, 3.63) is 41.9 Å². The Hall–Kier alpha value is -2.51. The van der Waals surface area contributed by atoms with Crippen molar-refractivity contribution in [1.29, 1.82) is 0 Å². The molecule has 4 aliphatic rings. The minimum atomic E-state index is 0.614. The van der Waals surface area contributed by atoms with Gasteiger partial charge in [-0.05, 0) is 61.3 Å². The number of nitrogens with one attached hydrogen (secondary N) is 1. The molecule has 0 radical (unpaired) electrons. The van der Waals surface area contributed by atoms with E-state index in [2.05, 4.69) is 43.3 Å². The van der Waals surface area contributed by atoms with Gasteiger partial charge in [0.1, 0.15) is 17.5 Å². The summed E-state index contributed by atoms with van der Waals surface area (Å²) in [7, 11) is 0. The third-order valence-electron chi connectivity index (χ3n) is 6.95. The van der Waals surface area contributed by atoms with Crippen LogP contribution >= 0.6 is 0 Å². The molecule has 0 unspecified atom stereocenters. The highest BCUT2D eigenvalue weighted by molar-refractivity contribution is 5.72. The van der Waals surface area contributed by atoms with Gasteiger partial charge in [0.25, 0.3) is 0 Å². The van der Waals surface area contributed by atoms with Gasteiger partial charge in [0, 0.05) is 38.6 Å². The third kappa shape index (κ3) is 4.79. The molecule has 7 heteroatoms. The molecule has 2 aromatic rings. The lowest BCUT2D eigenvalue weighted by Gasteiger charge is -2.30. The highest BCUT2D eigenvalue weighted by atomic mass is 16.5. The van der Waals surface area contributed by atoms with Crippen LogP contribution in [0.3, 0.4) is 0 Å². The summed E-state index contributed by atoms with van der Waals surface area (Å²) in [6, 6.07) is 4.42. The normalized spacial score (nSPS) is 22.0. The van der Waals surface area contributed by atoms with Gasteiger partial charge in [-0.25, -0.2) is 9.97 Å². The van der Waals surface area contributed by atoms with E-state index in [1.807, 2.05) is 12.4 Å². The molecule has 3 fully saturated rings. The molecule has 7 nitrogen and oxygen atoms in total. The first-order valence-corrected chi connectivity index (χ1v) is 12.2. The maximum Gasteiger partial charge on any atom is 0.150 e. The van der Waals surface area contributed by atoms with E-state index >= 15 is 0 Å². The molecule has 6 rings (SSSR count). The van der Waals surface area contributed by atoms with Crippen molar-refractivity contribution in [2.75, 3.05) is 56.2 Å². The first-order chi connectivity index (χ1) is 15.8. The number of aromatic nitrogens is 3. The summed E-state index contributed by atoms with van der Waals surface area (Å²) in [5.74, 6) is 4.15. The van der Waals surface area contributed by atoms with E-state index in [0.29, 0.717) is 5.92 Å². The van der Waals surface area contributed by atoms with Crippen LogP contribution in [0.25, 0.3) is 5.57 Å². The minimum Gasteiger partial charge on any atom is -0.378 e. The van der Waals surface area contributed by atoms with Crippen LogP contribution in [0.4, 0.5) is 17.5 Å². The molecule has 0 amide bonds. The topological polar surface area (TPSA) is 66.4 Å². The quantitative estimate of drug-likeness (QED) is 0.713. The number of morpholine rings is 1. The Kier molecular flexibility index (Phi) is 5.53. The van der Waals surface area contributed by atoms with Crippen LogP contribution in [-0.4, -0.2) is 65.8 Å². The van der Waals surface area contributed by atoms with E-state index < -0.39 is 0 Å². The molecule has 4 heterocycles. The number of pyridine rings is 1. The summed E-state index contributed by atoms with van der Waals surface area (Å²) in [5, 5.41) is 3.41. The molecule has 0 bridgehead atoms. The van der Waals surface area contributed by atoms with Crippen LogP contribution in [0.15, 0.2) is 30.6 Å². The molecule has 2 aromatic heterocycles. The summed E-state index contributed by atoms with van der Waals surface area (Å²) in [6.07, 6.45) is 12.6. The van der Waals surface area contributed by atoms with E-state index in [0.717, 1.165) is 74.9 Å². The SMILES string of the molecule is C1=C(c2cc(Nc3cnc(C4CC4)cn3)nc(N3CCOCC3)c2)CCN(CC2CC2)C1. The van der Waals surface area contributed by atoms with Crippen LogP contribution < -0.4 is 10.2 Å². The molecule has 2 aliphatic heterocycles. The third-order valence-corrected chi connectivity index (χ3v) is 6.95. The molecule has 0 spiro atoms. The lowest BCUT2D eigenvalue weighted by Crippen LogP contribution is -2.37. The second-order valence-corrected chi connectivity index (χ2v) is 9.61. The monoisotopic (exact) mass is 432 g/mol. The van der Waals surface area contributed by atoms with E-state index in [-0.39, 0.29) is 0 Å². The van der Waals surface area contributed by atoms with Crippen LogP contribution in [0, 0.1) is 5.92 Å². The van der Waals surface area contributed by atoms with Crippen molar-refractivity contribution in [3.63, 3.8) is 0 Å². The molecular weight excluding hydrogens is 400 g/mol. The van der Waals surface area contributed by atoms with Crippen molar-refractivity contribution < 1.29 is 4.74 Å². The summed E-state index contributed by atoms with van der Waals surface area (Å²) in [4.78, 5) is 19.1. The summed E-state index contributed by atoms with van der Waals surface area (Å²) in [5.41, 5.74) is 3.79. The van der Waals surface area contributed by atoms with Crippen LogP contribution in [0.1, 0.15) is 49.3 Å². The second kappa shape index (κ2) is 8.79. The number of anilines is 3. The maximum absolute atomic E-state index is 5.56. The Morgan fingerprint density at radius 2 is 1.84 bits per heavy atom. The Balaban J connectivity index is 1.24. The van der Waals surface area contributed by atoms with E-state index in [4.69, 9.17) is 9.72 Å². The number of nitrogens with zero attached hydrogens (tertiary/aromatic N) is 5. The van der Waals surface area contributed by atoms with Crippen LogP contribution in [0.5, 0.6) is 0 Å². The second-order valence-electron chi connectivity index (χ2n) is 9.61. The number of ether oxygens (including phenoxy) is 1. The average molecular weight is 433 g/mol. The zero-order valence-electron chi connectivity index (χ0n) is 18.7. The fourth-order valence-corrected chi connectivity index (χ4v) is 4.65.